The summed E-state index contributed by atoms with van der Waals surface area (Å²) in [6.07, 6.45) is 1.24. The van der Waals surface area contributed by atoms with Crippen molar-refractivity contribution < 1.29 is 14.0 Å². The molecular weight excluding hydrogens is 327 g/mol. The minimum absolute atomic E-state index is 0.0580. The Kier molecular flexibility index (Phi) is 4.51. The van der Waals surface area contributed by atoms with Gasteiger partial charge in [0, 0.05) is 0 Å². The van der Waals surface area contributed by atoms with Crippen LogP contribution in [0.1, 0.15) is 0 Å². The van der Waals surface area contributed by atoms with Gasteiger partial charge in [-0.05, 0) is 24.3 Å². The maximum absolute atomic E-state index is 13.5. The smallest absolute Gasteiger partial charge is 0.305 e. The fourth-order valence-electron chi connectivity index (χ4n) is 2.26. The van der Waals surface area contributed by atoms with E-state index in [0.717, 1.165) is 4.57 Å². The lowest BCUT2D eigenvalue weighted by molar-refractivity contribution is -0.120. The van der Waals surface area contributed by atoms with E-state index >= 15 is 0 Å². The highest BCUT2D eigenvalue weighted by Crippen LogP contribution is 2.11. The van der Waals surface area contributed by atoms with Gasteiger partial charge in [0.15, 0.2) is 0 Å². The van der Waals surface area contributed by atoms with E-state index in [2.05, 4.69) is 10.3 Å². The summed E-state index contributed by atoms with van der Waals surface area (Å²) in [6, 6.07) is 11.4. The van der Waals surface area contributed by atoms with Crippen LogP contribution in [0.15, 0.2) is 59.7 Å². The third-order valence-electron chi connectivity index (χ3n) is 3.42. The van der Waals surface area contributed by atoms with Crippen molar-refractivity contribution in [2.45, 2.75) is 6.54 Å². The Balaban J connectivity index is 1.68. The second-order valence-electron chi connectivity index (χ2n) is 5.18. The maximum atomic E-state index is 13.5. The molecule has 2 aromatic carbocycles. The highest BCUT2D eigenvalue weighted by Gasteiger charge is 2.12. The van der Waals surface area contributed by atoms with Crippen LogP contribution in [0.2, 0.25) is 0 Å². The molecule has 3 aromatic rings. The van der Waals surface area contributed by atoms with Crippen LogP contribution in [0.5, 0.6) is 0 Å². The Morgan fingerprint density at radius 3 is 2.60 bits per heavy atom. The van der Waals surface area contributed by atoms with Crippen molar-refractivity contribution in [3.63, 3.8) is 0 Å². The molecule has 0 unspecified atom stereocenters. The Morgan fingerprint density at radius 1 is 1.08 bits per heavy atom. The van der Waals surface area contributed by atoms with Gasteiger partial charge in [0.05, 0.1) is 22.9 Å². The predicted molar refractivity (Wildman–Crippen MR) is 89.6 cm³/mol. The minimum Gasteiger partial charge on any atom is -0.305 e. The van der Waals surface area contributed by atoms with Gasteiger partial charge >= 0.3 is 6.03 Å². The molecule has 0 aliphatic carbocycles. The lowest BCUT2D eigenvalue weighted by Crippen LogP contribution is -2.38. The van der Waals surface area contributed by atoms with Gasteiger partial charge in [-0.2, -0.15) is 0 Å². The summed E-state index contributed by atoms with van der Waals surface area (Å²) in [6.45, 7) is -0.388. The van der Waals surface area contributed by atoms with E-state index in [-0.39, 0.29) is 12.2 Å². The van der Waals surface area contributed by atoms with Crippen molar-refractivity contribution in [2.75, 3.05) is 5.32 Å². The van der Waals surface area contributed by atoms with Crippen LogP contribution in [0.4, 0.5) is 14.9 Å². The fraction of sp³-hybridized carbons (Fsp3) is 0.0588. The molecule has 0 fully saturated rings. The van der Waals surface area contributed by atoms with E-state index in [1.807, 2.05) is 5.32 Å². The standard InChI is InChI=1S/C17H13FN4O3/c18-12-6-2-4-8-14(12)20-17(25)21-15(23)9-22-10-19-13-7-3-1-5-11(13)16(22)24/h1-8,10H,9H2,(H2,20,21,23,25). The first kappa shape index (κ1) is 16.3. The summed E-state index contributed by atoms with van der Waals surface area (Å²) in [5.41, 5.74) is 0.0639. The number of benzene rings is 2. The molecule has 25 heavy (non-hydrogen) atoms. The summed E-state index contributed by atoms with van der Waals surface area (Å²) >= 11 is 0. The molecule has 7 nitrogen and oxygen atoms in total. The Labute approximate surface area is 141 Å². The van der Waals surface area contributed by atoms with Gasteiger partial charge in [-0.15, -0.1) is 0 Å². The Hall–Kier alpha value is -3.55. The second kappa shape index (κ2) is 6.91. The molecule has 3 amide bonds. The molecule has 126 valence electrons. The molecule has 0 saturated carbocycles. The van der Waals surface area contributed by atoms with Crippen LogP contribution in [-0.2, 0) is 11.3 Å². The van der Waals surface area contributed by atoms with Crippen molar-refractivity contribution in [1.82, 2.24) is 14.9 Å². The summed E-state index contributed by atoms with van der Waals surface area (Å²) in [7, 11) is 0. The number of hydrogen-bond acceptors (Lipinski definition) is 4. The van der Waals surface area contributed by atoms with Gasteiger partial charge in [0.2, 0.25) is 5.91 Å². The molecule has 2 N–H and O–H groups in total. The van der Waals surface area contributed by atoms with Gasteiger partial charge in [-0.1, -0.05) is 24.3 Å². The van der Waals surface area contributed by atoms with Gasteiger partial charge in [0.1, 0.15) is 12.4 Å². The summed E-state index contributed by atoms with van der Waals surface area (Å²) in [4.78, 5) is 40.0. The van der Waals surface area contributed by atoms with E-state index in [1.165, 1.54) is 24.5 Å². The Bertz CT molecular complexity index is 1020. The number of nitrogens with zero attached hydrogens (tertiary/aromatic N) is 2. The summed E-state index contributed by atoms with van der Waals surface area (Å²) in [5, 5.41) is 4.63. The lowest BCUT2D eigenvalue weighted by Gasteiger charge is -2.09. The van der Waals surface area contributed by atoms with Crippen molar-refractivity contribution in [1.29, 1.82) is 0 Å². The molecule has 1 heterocycles. The van der Waals surface area contributed by atoms with Crippen LogP contribution in [0.3, 0.4) is 0 Å². The van der Waals surface area contributed by atoms with E-state index in [9.17, 15) is 18.8 Å². The molecule has 3 rings (SSSR count). The molecule has 0 aliphatic rings. The predicted octanol–water partition coefficient (Wildman–Crippen LogP) is 1.88. The van der Waals surface area contributed by atoms with Crippen LogP contribution >= 0.6 is 0 Å². The van der Waals surface area contributed by atoms with Crippen LogP contribution in [0.25, 0.3) is 10.9 Å². The number of anilines is 1. The molecule has 0 spiro atoms. The normalized spacial score (nSPS) is 10.4. The van der Waals surface area contributed by atoms with Crippen LogP contribution in [-0.4, -0.2) is 21.5 Å². The average molecular weight is 340 g/mol. The highest BCUT2D eigenvalue weighted by atomic mass is 19.1. The molecule has 0 atom stereocenters. The molecular formula is C17H13FN4O3. The zero-order valence-electron chi connectivity index (χ0n) is 12.9. The number of imide groups is 1. The molecule has 1 aromatic heterocycles. The number of halogens is 1. The first-order valence-corrected chi connectivity index (χ1v) is 7.34. The van der Waals surface area contributed by atoms with Gasteiger partial charge in [0.25, 0.3) is 5.56 Å². The summed E-state index contributed by atoms with van der Waals surface area (Å²) < 4.78 is 14.5. The number of amides is 3. The highest BCUT2D eigenvalue weighted by molar-refractivity contribution is 6.01. The first-order valence-electron chi connectivity index (χ1n) is 7.34. The zero-order chi connectivity index (χ0) is 17.8. The second-order valence-corrected chi connectivity index (χ2v) is 5.18. The quantitative estimate of drug-likeness (QED) is 0.761. The van der Waals surface area contributed by atoms with E-state index < -0.39 is 23.3 Å². The number of carbonyl (C=O) groups is 2. The van der Waals surface area contributed by atoms with E-state index in [1.54, 1.807) is 30.3 Å². The average Bonchev–Trinajstić information content (AvgIpc) is 2.59. The Morgan fingerprint density at radius 2 is 1.80 bits per heavy atom. The first-order chi connectivity index (χ1) is 12.0. The number of carbonyl (C=O) groups excluding carboxylic acids is 2. The molecule has 0 radical (unpaired) electrons. The monoisotopic (exact) mass is 340 g/mol. The number of aromatic nitrogens is 2. The number of rotatable bonds is 3. The van der Waals surface area contributed by atoms with Crippen molar-refractivity contribution in [3.8, 4) is 0 Å². The molecule has 0 saturated heterocycles. The number of fused-ring (bicyclic) bond motifs is 1. The SMILES string of the molecule is O=C(Cn1cnc2ccccc2c1=O)NC(=O)Nc1ccccc1F. The van der Waals surface area contributed by atoms with Gasteiger partial charge in [-0.25, -0.2) is 14.2 Å². The third kappa shape index (κ3) is 3.69. The molecule has 0 aliphatic heterocycles. The number of hydrogen-bond donors (Lipinski definition) is 2. The van der Waals surface area contributed by atoms with Crippen LogP contribution in [0, 0.1) is 5.82 Å². The van der Waals surface area contributed by atoms with Crippen LogP contribution < -0.4 is 16.2 Å². The van der Waals surface area contributed by atoms with E-state index in [4.69, 9.17) is 0 Å². The third-order valence-corrected chi connectivity index (χ3v) is 3.42. The number of nitrogens with one attached hydrogen (secondary N) is 2. The topological polar surface area (TPSA) is 93.1 Å². The lowest BCUT2D eigenvalue weighted by atomic mass is 10.2. The number of urea groups is 1. The minimum atomic E-state index is -0.892. The van der Waals surface area contributed by atoms with Gasteiger partial charge in [-0.3, -0.25) is 19.5 Å². The zero-order valence-corrected chi connectivity index (χ0v) is 12.9. The van der Waals surface area contributed by atoms with Gasteiger partial charge < -0.3 is 5.32 Å². The molecule has 0 bridgehead atoms. The largest absolute Gasteiger partial charge is 0.326 e. The van der Waals surface area contributed by atoms with E-state index in [0.29, 0.717) is 10.9 Å². The fourth-order valence-corrected chi connectivity index (χ4v) is 2.26. The molecule has 8 heteroatoms. The maximum Gasteiger partial charge on any atom is 0.326 e. The summed E-state index contributed by atoms with van der Waals surface area (Å²) in [5.74, 6) is -1.35. The van der Waals surface area contributed by atoms with Crippen molar-refractivity contribution in [3.05, 3.63) is 71.0 Å². The van der Waals surface area contributed by atoms with Crippen molar-refractivity contribution in [2.24, 2.45) is 0 Å². The number of para-hydroxylation sites is 2. The van der Waals surface area contributed by atoms with Crippen molar-refractivity contribution >= 4 is 28.5 Å².